The van der Waals surface area contributed by atoms with E-state index in [1.807, 2.05) is 0 Å². The maximum atomic E-state index is 7.04. The van der Waals surface area contributed by atoms with E-state index in [0.717, 1.165) is 50.0 Å². The summed E-state index contributed by atoms with van der Waals surface area (Å²) >= 11 is 0. The van der Waals surface area contributed by atoms with Gasteiger partial charge < -0.3 is 9.32 Å². The van der Waals surface area contributed by atoms with Gasteiger partial charge in [-0.1, -0.05) is 206 Å². The number of rotatable bonds is 7. The summed E-state index contributed by atoms with van der Waals surface area (Å²) in [7, 11) is 0. The molecule has 1 aromatic heterocycles. The second kappa shape index (κ2) is 14.8. The molecule has 304 valence electrons. The van der Waals surface area contributed by atoms with Gasteiger partial charge in [-0.3, -0.25) is 0 Å². The zero-order valence-corrected chi connectivity index (χ0v) is 35.5. The standard InChI is InChI=1S/C63H41NO/c1-4-19-42(20-5-1)44-23-16-28-47(39-44)64(48-37-38-53-52-31-14-15-34-57(52)63(58(53)40-48,45-24-6-2-7-25-45)46-26-8-3-9-27-46)59-35-18-36-60-61(59)56-41-55(51-30-12-13-32-54(51)62(56)65-60)50-33-17-22-43-21-10-11-29-49(43)50/h1-41H. The third kappa shape index (κ3) is 5.67. The van der Waals surface area contributed by atoms with Crippen molar-refractivity contribution in [2.24, 2.45) is 0 Å². The number of nitrogens with zero attached hydrogens (tertiary/aromatic N) is 1. The van der Waals surface area contributed by atoms with Gasteiger partial charge in [-0.2, -0.15) is 0 Å². The van der Waals surface area contributed by atoms with Crippen LogP contribution < -0.4 is 4.90 Å². The average Bonchev–Trinajstić information content (AvgIpc) is 3.91. The number of fused-ring (bicyclic) bond motifs is 9. The summed E-state index contributed by atoms with van der Waals surface area (Å²) in [5, 5.41) is 6.86. The van der Waals surface area contributed by atoms with Gasteiger partial charge in [-0.15, -0.1) is 0 Å². The van der Waals surface area contributed by atoms with E-state index in [9.17, 15) is 0 Å². The summed E-state index contributed by atoms with van der Waals surface area (Å²) in [6, 6.07) is 90.8. The first kappa shape index (κ1) is 37.1. The van der Waals surface area contributed by atoms with Gasteiger partial charge in [0.25, 0.3) is 0 Å². The minimum Gasteiger partial charge on any atom is -0.455 e. The highest BCUT2D eigenvalue weighted by Crippen LogP contribution is 2.58. The predicted molar refractivity (Wildman–Crippen MR) is 272 cm³/mol. The lowest BCUT2D eigenvalue weighted by molar-refractivity contribution is 0.672. The lowest BCUT2D eigenvalue weighted by Crippen LogP contribution is -2.28. The zero-order chi connectivity index (χ0) is 42.9. The molecule has 0 N–H and O–H groups in total. The molecule has 0 spiro atoms. The zero-order valence-electron chi connectivity index (χ0n) is 35.5. The molecule has 0 saturated carbocycles. The summed E-state index contributed by atoms with van der Waals surface area (Å²) in [6.07, 6.45) is 0. The molecule has 1 heterocycles. The smallest absolute Gasteiger partial charge is 0.143 e. The van der Waals surface area contributed by atoms with E-state index in [0.29, 0.717) is 0 Å². The molecule has 11 aromatic carbocycles. The highest BCUT2D eigenvalue weighted by molar-refractivity contribution is 6.23. The fraction of sp³-hybridized carbons (Fsp3) is 0.0159. The minimum atomic E-state index is -0.553. The Hall–Kier alpha value is -8.46. The van der Waals surface area contributed by atoms with Crippen LogP contribution in [-0.4, -0.2) is 0 Å². The molecular formula is C63H41NO. The van der Waals surface area contributed by atoms with Gasteiger partial charge in [0, 0.05) is 22.1 Å². The first-order valence-electron chi connectivity index (χ1n) is 22.4. The van der Waals surface area contributed by atoms with Gasteiger partial charge in [-0.25, -0.2) is 0 Å². The molecule has 12 aromatic rings. The lowest BCUT2D eigenvalue weighted by Gasteiger charge is -2.35. The summed E-state index contributed by atoms with van der Waals surface area (Å²) in [5.74, 6) is 0. The molecule has 2 nitrogen and oxygen atoms in total. The highest BCUT2D eigenvalue weighted by Gasteiger charge is 2.46. The summed E-state index contributed by atoms with van der Waals surface area (Å²) < 4.78 is 7.04. The second-order valence-corrected chi connectivity index (χ2v) is 17.1. The first-order valence-corrected chi connectivity index (χ1v) is 22.4. The van der Waals surface area contributed by atoms with Gasteiger partial charge in [0.1, 0.15) is 11.2 Å². The molecule has 0 bridgehead atoms. The first-order chi connectivity index (χ1) is 32.3. The van der Waals surface area contributed by atoms with Crippen molar-refractivity contribution >= 4 is 60.5 Å². The van der Waals surface area contributed by atoms with Crippen molar-refractivity contribution < 1.29 is 4.42 Å². The van der Waals surface area contributed by atoms with Gasteiger partial charge in [0.15, 0.2) is 0 Å². The molecule has 0 aliphatic heterocycles. The SMILES string of the molecule is c1ccc(-c2cccc(N(c3ccc4c(c3)C(c3ccccc3)(c3ccccc3)c3ccccc3-4)c3cccc4oc5c6ccccc6c(-c6cccc7ccccc67)cc5c34)c2)cc1. The van der Waals surface area contributed by atoms with E-state index in [-0.39, 0.29) is 0 Å². The quantitative estimate of drug-likeness (QED) is 0.159. The predicted octanol–water partition coefficient (Wildman–Crippen LogP) is 17.1. The van der Waals surface area contributed by atoms with Crippen molar-refractivity contribution in [3.05, 3.63) is 271 Å². The van der Waals surface area contributed by atoms with Crippen LogP contribution in [0.3, 0.4) is 0 Å². The van der Waals surface area contributed by atoms with E-state index in [1.165, 1.54) is 66.2 Å². The summed E-state index contributed by atoms with van der Waals surface area (Å²) in [6.45, 7) is 0. The molecule has 13 rings (SSSR count). The van der Waals surface area contributed by atoms with Crippen LogP contribution >= 0.6 is 0 Å². The Bertz CT molecular complexity index is 3730. The number of benzene rings is 11. The van der Waals surface area contributed by atoms with E-state index >= 15 is 0 Å². The molecule has 0 atom stereocenters. The summed E-state index contributed by atoms with van der Waals surface area (Å²) in [5.41, 5.74) is 16.6. The molecule has 0 fully saturated rings. The van der Waals surface area contributed by atoms with Crippen LogP contribution in [0.2, 0.25) is 0 Å². The molecule has 1 aliphatic carbocycles. The summed E-state index contributed by atoms with van der Waals surface area (Å²) in [4.78, 5) is 2.46. The van der Waals surface area contributed by atoms with Crippen molar-refractivity contribution in [3.63, 3.8) is 0 Å². The Morgan fingerprint density at radius 3 is 1.72 bits per heavy atom. The molecule has 2 heteroatoms. The van der Waals surface area contributed by atoms with Crippen molar-refractivity contribution in [1.29, 1.82) is 0 Å². The second-order valence-electron chi connectivity index (χ2n) is 17.1. The van der Waals surface area contributed by atoms with Crippen LogP contribution in [0.1, 0.15) is 22.3 Å². The van der Waals surface area contributed by atoms with E-state index in [2.05, 4.69) is 254 Å². The number of anilines is 3. The maximum absolute atomic E-state index is 7.04. The van der Waals surface area contributed by atoms with Crippen LogP contribution in [0, 0.1) is 0 Å². The number of hydrogen-bond acceptors (Lipinski definition) is 2. The number of furan rings is 1. The highest BCUT2D eigenvalue weighted by atomic mass is 16.3. The van der Waals surface area contributed by atoms with Crippen molar-refractivity contribution in [2.45, 2.75) is 5.41 Å². The van der Waals surface area contributed by atoms with Gasteiger partial charge in [0.05, 0.1) is 16.5 Å². The van der Waals surface area contributed by atoms with Crippen LogP contribution in [0.25, 0.3) is 76.9 Å². The Morgan fingerprint density at radius 2 is 0.923 bits per heavy atom. The molecule has 0 radical (unpaired) electrons. The molecule has 0 unspecified atom stereocenters. The third-order valence-corrected chi connectivity index (χ3v) is 13.7. The van der Waals surface area contributed by atoms with E-state index < -0.39 is 5.41 Å². The van der Waals surface area contributed by atoms with Crippen LogP contribution in [0.5, 0.6) is 0 Å². The Kier molecular flexibility index (Phi) is 8.47. The molecule has 65 heavy (non-hydrogen) atoms. The lowest BCUT2D eigenvalue weighted by atomic mass is 9.67. The van der Waals surface area contributed by atoms with Crippen molar-refractivity contribution in [3.8, 4) is 33.4 Å². The Labute approximate surface area is 377 Å². The Morgan fingerprint density at radius 1 is 0.338 bits per heavy atom. The van der Waals surface area contributed by atoms with Crippen LogP contribution in [0.15, 0.2) is 253 Å². The Balaban J connectivity index is 1.12. The topological polar surface area (TPSA) is 16.4 Å². The van der Waals surface area contributed by atoms with Crippen LogP contribution in [-0.2, 0) is 5.41 Å². The van der Waals surface area contributed by atoms with Gasteiger partial charge in [0.2, 0.25) is 0 Å². The average molecular weight is 828 g/mol. The maximum Gasteiger partial charge on any atom is 0.143 e. The normalized spacial score (nSPS) is 12.7. The van der Waals surface area contributed by atoms with Crippen molar-refractivity contribution in [2.75, 3.05) is 4.90 Å². The fourth-order valence-electron chi connectivity index (χ4n) is 11.0. The third-order valence-electron chi connectivity index (χ3n) is 13.7. The largest absolute Gasteiger partial charge is 0.455 e. The molecule has 0 amide bonds. The van der Waals surface area contributed by atoms with Gasteiger partial charge >= 0.3 is 0 Å². The van der Waals surface area contributed by atoms with E-state index in [1.54, 1.807) is 0 Å². The molecule has 0 saturated heterocycles. The molecule has 1 aliphatic rings. The monoisotopic (exact) mass is 827 g/mol. The molecular weight excluding hydrogens is 787 g/mol. The fourth-order valence-corrected chi connectivity index (χ4v) is 11.0. The van der Waals surface area contributed by atoms with Gasteiger partial charge in [-0.05, 0) is 114 Å². The number of hydrogen-bond donors (Lipinski definition) is 0. The van der Waals surface area contributed by atoms with Crippen molar-refractivity contribution in [1.82, 2.24) is 0 Å². The van der Waals surface area contributed by atoms with E-state index in [4.69, 9.17) is 4.42 Å². The minimum absolute atomic E-state index is 0.553. The van der Waals surface area contributed by atoms with Crippen LogP contribution in [0.4, 0.5) is 17.1 Å².